The number of anilines is 1. The Hall–Kier alpha value is -2.29. The Morgan fingerprint density at radius 2 is 1.84 bits per heavy atom. The number of carbonyl (C=O) groups is 1. The fraction of sp³-hybridized carbons (Fsp3) is 0.188. The fourth-order valence-corrected chi connectivity index (χ4v) is 1.93. The van der Waals surface area contributed by atoms with Crippen molar-refractivity contribution in [2.75, 3.05) is 5.32 Å². The highest BCUT2D eigenvalue weighted by atomic mass is 16.3. The van der Waals surface area contributed by atoms with Crippen molar-refractivity contribution >= 4 is 11.6 Å². The van der Waals surface area contributed by atoms with Crippen molar-refractivity contribution in [3.8, 4) is 5.75 Å². The molecular weight excluding hydrogens is 238 g/mol. The molecule has 3 nitrogen and oxygen atoms in total. The molecule has 2 rings (SSSR count). The highest BCUT2D eigenvalue weighted by Gasteiger charge is 2.12. The van der Waals surface area contributed by atoms with Gasteiger partial charge in [-0.1, -0.05) is 18.2 Å². The number of amides is 1. The molecule has 0 aliphatic rings. The van der Waals surface area contributed by atoms with Crippen LogP contribution < -0.4 is 5.32 Å². The molecule has 1 amide bonds. The molecule has 19 heavy (non-hydrogen) atoms. The summed E-state index contributed by atoms with van der Waals surface area (Å²) in [7, 11) is 0. The monoisotopic (exact) mass is 255 g/mol. The maximum atomic E-state index is 12.2. The average molecular weight is 255 g/mol. The van der Waals surface area contributed by atoms with Crippen molar-refractivity contribution < 1.29 is 9.90 Å². The number of nitrogens with one attached hydrogen (secondary N) is 1. The predicted molar refractivity (Wildman–Crippen MR) is 76.7 cm³/mol. The van der Waals surface area contributed by atoms with E-state index in [0.29, 0.717) is 11.1 Å². The third-order valence-corrected chi connectivity index (χ3v) is 3.19. The van der Waals surface area contributed by atoms with Crippen LogP contribution in [0.5, 0.6) is 5.75 Å². The number of benzene rings is 2. The third kappa shape index (κ3) is 2.76. The normalized spacial score (nSPS) is 10.3. The van der Waals surface area contributed by atoms with Crippen molar-refractivity contribution in [1.29, 1.82) is 0 Å². The molecule has 2 aromatic carbocycles. The van der Waals surface area contributed by atoms with Crippen molar-refractivity contribution in [2.24, 2.45) is 0 Å². The number of hydrogen-bond donors (Lipinski definition) is 2. The Morgan fingerprint density at radius 1 is 1.11 bits per heavy atom. The Labute approximate surface area is 112 Å². The van der Waals surface area contributed by atoms with E-state index in [1.807, 2.05) is 32.0 Å². The van der Waals surface area contributed by atoms with Gasteiger partial charge in [0.15, 0.2) is 0 Å². The number of aromatic hydroxyl groups is 1. The van der Waals surface area contributed by atoms with Gasteiger partial charge in [-0.15, -0.1) is 0 Å². The quantitative estimate of drug-likeness (QED) is 0.861. The van der Waals surface area contributed by atoms with Crippen LogP contribution in [-0.4, -0.2) is 11.0 Å². The van der Waals surface area contributed by atoms with E-state index >= 15 is 0 Å². The van der Waals surface area contributed by atoms with E-state index in [-0.39, 0.29) is 11.7 Å². The third-order valence-electron chi connectivity index (χ3n) is 3.19. The van der Waals surface area contributed by atoms with Crippen LogP contribution in [0.2, 0.25) is 0 Å². The lowest BCUT2D eigenvalue weighted by Crippen LogP contribution is -2.14. The second kappa shape index (κ2) is 5.14. The molecule has 2 N–H and O–H groups in total. The molecule has 0 radical (unpaired) electrons. The minimum Gasteiger partial charge on any atom is -0.508 e. The molecule has 0 aliphatic heterocycles. The lowest BCUT2D eigenvalue weighted by molar-refractivity contribution is 0.102. The van der Waals surface area contributed by atoms with E-state index in [2.05, 4.69) is 5.32 Å². The van der Waals surface area contributed by atoms with Crippen molar-refractivity contribution in [3.05, 3.63) is 58.7 Å². The molecule has 2 aromatic rings. The first kappa shape index (κ1) is 13.1. The minimum atomic E-state index is -0.206. The van der Waals surface area contributed by atoms with Crippen LogP contribution in [0.3, 0.4) is 0 Å². The lowest BCUT2D eigenvalue weighted by atomic mass is 10.1. The molecule has 3 heteroatoms. The SMILES string of the molecule is Cc1ccc(C)c(NC(=O)c2cccc(O)c2C)c1. The smallest absolute Gasteiger partial charge is 0.256 e. The van der Waals surface area contributed by atoms with E-state index in [9.17, 15) is 9.90 Å². The molecule has 0 heterocycles. The first-order valence-corrected chi connectivity index (χ1v) is 6.16. The summed E-state index contributed by atoms with van der Waals surface area (Å²) in [4.78, 5) is 12.2. The predicted octanol–water partition coefficient (Wildman–Crippen LogP) is 3.57. The molecule has 0 bridgehead atoms. The molecule has 0 atom stereocenters. The number of aryl methyl sites for hydroxylation is 2. The van der Waals surface area contributed by atoms with Gasteiger partial charge >= 0.3 is 0 Å². The molecule has 0 unspecified atom stereocenters. The second-order valence-corrected chi connectivity index (χ2v) is 4.72. The number of phenols is 1. The van der Waals surface area contributed by atoms with E-state index in [1.165, 1.54) is 0 Å². The minimum absolute atomic E-state index is 0.133. The molecule has 98 valence electrons. The standard InChI is InChI=1S/C16H17NO2/c1-10-7-8-11(2)14(9-10)17-16(19)13-5-4-6-15(18)12(13)3/h4-9,18H,1-3H3,(H,17,19). The number of hydrogen-bond acceptors (Lipinski definition) is 2. The van der Waals surface area contributed by atoms with Gasteiger partial charge in [0, 0.05) is 16.8 Å². The van der Waals surface area contributed by atoms with Crippen molar-refractivity contribution in [2.45, 2.75) is 20.8 Å². The highest BCUT2D eigenvalue weighted by molar-refractivity contribution is 6.06. The van der Waals surface area contributed by atoms with Gasteiger partial charge in [-0.25, -0.2) is 0 Å². The van der Waals surface area contributed by atoms with Crippen LogP contribution in [0.1, 0.15) is 27.0 Å². The van der Waals surface area contributed by atoms with Gasteiger partial charge in [0.05, 0.1) is 0 Å². The van der Waals surface area contributed by atoms with Gasteiger partial charge in [0.2, 0.25) is 0 Å². The van der Waals surface area contributed by atoms with Crippen LogP contribution in [0, 0.1) is 20.8 Å². The molecule has 0 saturated carbocycles. The van der Waals surface area contributed by atoms with E-state index in [0.717, 1.165) is 16.8 Å². The van der Waals surface area contributed by atoms with Gasteiger partial charge in [0.25, 0.3) is 5.91 Å². The summed E-state index contributed by atoms with van der Waals surface area (Å²) in [5, 5.41) is 12.5. The van der Waals surface area contributed by atoms with E-state index in [1.54, 1.807) is 25.1 Å². The van der Waals surface area contributed by atoms with E-state index < -0.39 is 0 Å². The zero-order chi connectivity index (χ0) is 14.0. The van der Waals surface area contributed by atoms with Crippen LogP contribution >= 0.6 is 0 Å². The summed E-state index contributed by atoms with van der Waals surface area (Å²) < 4.78 is 0. The fourth-order valence-electron chi connectivity index (χ4n) is 1.93. The Balaban J connectivity index is 2.31. The number of rotatable bonds is 2. The van der Waals surface area contributed by atoms with Gasteiger partial charge < -0.3 is 10.4 Å². The molecule has 0 aromatic heterocycles. The van der Waals surface area contributed by atoms with Gasteiger partial charge in [0.1, 0.15) is 5.75 Å². The Kier molecular flexibility index (Phi) is 3.56. The second-order valence-electron chi connectivity index (χ2n) is 4.72. The average Bonchev–Trinajstić information content (AvgIpc) is 2.37. The largest absolute Gasteiger partial charge is 0.508 e. The molecule has 0 spiro atoms. The van der Waals surface area contributed by atoms with Gasteiger partial charge in [-0.05, 0) is 50.1 Å². The summed E-state index contributed by atoms with van der Waals surface area (Å²) >= 11 is 0. The summed E-state index contributed by atoms with van der Waals surface area (Å²) in [6.07, 6.45) is 0. The molecule has 0 fully saturated rings. The number of phenolic OH excluding ortho intramolecular Hbond substituents is 1. The summed E-state index contributed by atoms with van der Waals surface area (Å²) in [6.45, 7) is 5.66. The van der Waals surface area contributed by atoms with Crippen molar-refractivity contribution in [1.82, 2.24) is 0 Å². The molecular formula is C16H17NO2. The topological polar surface area (TPSA) is 49.3 Å². The van der Waals surface area contributed by atoms with Crippen LogP contribution in [0.25, 0.3) is 0 Å². The summed E-state index contributed by atoms with van der Waals surface area (Å²) in [6, 6.07) is 10.9. The molecule has 0 aliphatic carbocycles. The van der Waals surface area contributed by atoms with Crippen molar-refractivity contribution in [3.63, 3.8) is 0 Å². The van der Waals surface area contributed by atoms with Crippen LogP contribution in [0.15, 0.2) is 36.4 Å². The van der Waals surface area contributed by atoms with E-state index in [4.69, 9.17) is 0 Å². The van der Waals surface area contributed by atoms with Crippen LogP contribution in [0.4, 0.5) is 5.69 Å². The Bertz CT molecular complexity index is 633. The number of carbonyl (C=O) groups excluding carboxylic acids is 1. The molecule has 0 saturated heterocycles. The first-order valence-electron chi connectivity index (χ1n) is 6.16. The first-order chi connectivity index (χ1) is 8.99. The zero-order valence-electron chi connectivity index (χ0n) is 11.3. The Morgan fingerprint density at radius 3 is 2.58 bits per heavy atom. The highest BCUT2D eigenvalue weighted by Crippen LogP contribution is 2.22. The summed E-state index contributed by atoms with van der Waals surface area (Å²) in [5.41, 5.74) is 3.98. The maximum absolute atomic E-state index is 12.2. The van der Waals surface area contributed by atoms with Gasteiger partial charge in [-0.3, -0.25) is 4.79 Å². The van der Waals surface area contributed by atoms with Crippen LogP contribution in [-0.2, 0) is 0 Å². The maximum Gasteiger partial charge on any atom is 0.256 e. The van der Waals surface area contributed by atoms with Gasteiger partial charge in [-0.2, -0.15) is 0 Å². The lowest BCUT2D eigenvalue weighted by Gasteiger charge is -2.11. The zero-order valence-corrected chi connectivity index (χ0v) is 11.3. The summed E-state index contributed by atoms with van der Waals surface area (Å²) in [5.74, 6) is -0.0734.